The molecule has 5 nitrogen and oxygen atoms in total. The first kappa shape index (κ1) is 12.0. The molecule has 7 heteroatoms. The lowest BCUT2D eigenvalue weighted by Crippen LogP contribution is -2.35. The number of anilines is 1. The molecular weight excluding hydrogens is 265 g/mol. The summed E-state index contributed by atoms with van der Waals surface area (Å²) in [5.41, 5.74) is -0.313. The van der Waals surface area contributed by atoms with E-state index in [0.29, 0.717) is 11.1 Å². The number of nitrogens with zero attached hydrogens (tertiary/aromatic N) is 3. The summed E-state index contributed by atoms with van der Waals surface area (Å²) in [6.45, 7) is 0. The van der Waals surface area contributed by atoms with Crippen LogP contribution in [0.4, 0.5) is 5.69 Å². The zero-order valence-electron chi connectivity index (χ0n) is 9.15. The number of hydrogen-bond donors (Lipinski definition) is 0. The lowest BCUT2D eigenvalue weighted by atomic mass is 10.1. The van der Waals surface area contributed by atoms with Gasteiger partial charge in [-0.05, 0) is 12.1 Å². The molecule has 90 valence electrons. The molecule has 0 radical (unpaired) electrons. The standard InChI is InChI=1S/C10H9Cl2N3O2/c1-13-9(16)6-4-3-5-7(15(11)12)8(6)10(17)14(13)2/h3-5H,1-2H3. The van der Waals surface area contributed by atoms with Crippen LogP contribution in [0, 0.1) is 0 Å². The lowest BCUT2D eigenvalue weighted by molar-refractivity contribution is 0.543. The van der Waals surface area contributed by atoms with Crippen LogP contribution in [0.5, 0.6) is 0 Å². The second-order valence-electron chi connectivity index (χ2n) is 3.59. The van der Waals surface area contributed by atoms with Crippen LogP contribution in [0.25, 0.3) is 10.8 Å². The third kappa shape index (κ3) is 1.71. The highest BCUT2D eigenvalue weighted by molar-refractivity contribution is 6.50. The van der Waals surface area contributed by atoms with Crippen LogP contribution in [0.3, 0.4) is 0 Å². The quantitative estimate of drug-likeness (QED) is 0.737. The zero-order chi connectivity index (χ0) is 12.7. The van der Waals surface area contributed by atoms with E-state index in [1.807, 2.05) is 0 Å². The molecule has 17 heavy (non-hydrogen) atoms. The highest BCUT2D eigenvalue weighted by Crippen LogP contribution is 2.25. The molecular formula is C10H9Cl2N3O2. The maximum Gasteiger partial charge on any atom is 0.275 e. The summed E-state index contributed by atoms with van der Waals surface area (Å²) in [6, 6.07) is 4.76. The van der Waals surface area contributed by atoms with Gasteiger partial charge in [-0.25, -0.2) is 0 Å². The summed E-state index contributed by atoms with van der Waals surface area (Å²) in [7, 11) is 3.03. The van der Waals surface area contributed by atoms with Gasteiger partial charge in [-0.3, -0.25) is 19.0 Å². The van der Waals surface area contributed by atoms with Crippen molar-refractivity contribution >= 4 is 40.0 Å². The fourth-order valence-electron chi connectivity index (χ4n) is 1.69. The minimum Gasteiger partial charge on any atom is -0.267 e. The molecule has 1 heterocycles. The number of benzene rings is 1. The van der Waals surface area contributed by atoms with Gasteiger partial charge in [-0.2, -0.15) is 3.94 Å². The van der Waals surface area contributed by atoms with E-state index in [1.54, 1.807) is 18.2 Å². The van der Waals surface area contributed by atoms with Crippen molar-refractivity contribution in [3.05, 3.63) is 38.9 Å². The first-order valence-electron chi connectivity index (χ1n) is 4.76. The van der Waals surface area contributed by atoms with Crippen molar-refractivity contribution < 1.29 is 0 Å². The Bertz CT molecular complexity index is 703. The molecule has 0 bridgehead atoms. The minimum absolute atomic E-state index is 0.211. The van der Waals surface area contributed by atoms with Crippen molar-refractivity contribution in [2.75, 3.05) is 3.94 Å². The smallest absolute Gasteiger partial charge is 0.267 e. The summed E-state index contributed by atoms with van der Waals surface area (Å²) >= 11 is 11.3. The zero-order valence-corrected chi connectivity index (χ0v) is 10.7. The maximum absolute atomic E-state index is 12.1. The molecule has 0 spiro atoms. The second-order valence-corrected chi connectivity index (χ2v) is 4.44. The molecule has 0 N–H and O–H groups in total. The number of rotatable bonds is 1. The Morgan fingerprint density at radius 1 is 1.06 bits per heavy atom. The van der Waals surface area contributed by atoms with E-state index in [0.717, 1.165) is 3.94 Å². The van der Waals surface area contributed by atoms with E-state index in [9.17, 15) is 9.59 Å². The van der Waals surface area contributed by atoms with Crippen LogP contribution >= 0.6 is 23.6 Å². The van der Waals surface area contributed by atoms with E-state index >= 15 is 0 Å². The summed E-state index contributed by atoms with van der Waals surface area (Å²) < 4.78 is 3.23. The molecule has 2 aromatic rings. The molecule has 0 saturated carbocycles. The van der Waals surface area contributed by atoms with E-state index in [2.05, 4.69) is 0 Å². The number of hydrogen-bond acceptors (Lipinski definition) is 3. The fourth-order valence-corrected chi connectivity index (χ4v) is 1.97. The summed E-state index contributed by atoms with van der Waals surface area (Å²) in [4.78, 5) is 24.1. The van der Waals surface area contributed by atoms with Gasteiger partial charge >= 0.3 is 0 Å². The third-order valence-corrected chi connectivity index (χ3v) is 3.07. The van der Waals surface area contributed by atoms with Crippen LogP contribution in [-0.4, -0.2) is 9.36 Å². The van der Waals surface area contributed by atoms with Gasteiger partial charge in [0.15, 0.2) is 0 Å². The molecule has 2 rings (SSSR count). The lowest BCUT2D eigenvalue weighted by Gasteiger charge is -2.12. The van der Waals surface area contributed by atoms with Gasteiger partial charge in [0, 0.05) is 37.6 Å². The van der Waals surface area contributed by atoms with E-state index < -0.39 is 0 Å². The van der Waals surface area contributed by atoms with Crippen LogP contribution in [0.2, 0.25) is 0 Å². The fraction of sp³-hybridized carbons (Fsp3) is 0.200. The Morgan fingerprint density at radius 3 is 2.24 bits per heavy atom. The van der Waals surface area contributed by atoms with E-state index in [-0.39, 0.29) is 16.5 Å². The SMILES string of the molecule is Cn1c(=O)c2cccc(N(Cl)Cl)c2c(=O)n1C. The first-order chi connectivity index (χ1) is 7.95. The maximum atomic E-state index is 12.1. The Hall–Kier alpha value is -1.46. The topological polar surface area (TPSA) is 47.2 Å². The second kappa shape index (κ2) is 4.09. The summed E-state index contributed by atoms with van der Waals surface area (Å²) in [6.07, 6.45) is 0. The minimum atomic E-state index is -0.330. The highest BCUT2D eigenvalue weighted by atomic mass is 35.5. The highest BCUT2D eigenvalue weighted by Gasteiger charge is 2.14. The number of halogens is 2. The molecule has 0 unspecified atom stereocenters. The Morgan fingerprint density at radius 2 is 1.65 bits per heavy atom. The molecule has 0 fully saturated rings. The van der Waals surface area contributed by atoms with Gasteiger partial charge in [0.25, 0.3) is 11.1 Å². The summed E-state index contributed by atoms with van der Waals surface area (Å²) in [5, 5.41) is 0.502. The Labute approximate surface area is 107 Å². The van der Waals surface area contributed by atoms with Gasteiger partial charge in [0.05, 0.1) is 16.5 Å². The molecule has 1 aromatic heterocycles. The number of aromatic nitrogens is 2. The van der Waals surface area contributed by atoms with Gasteiger partial charge in [0.1, 0.15) is 0 Å². The van der Waals surface area contributed by atoms with Gasteiger partial charge in [-0.15, -0.1) is 0 Å². The van der Waals surface area contributed by atoms with Crippen LogP contribution < -0.4 is 15.1 Å². The molecule has 0 aliphatic rings. The van der Waals surface area contributed by atoms with Gasteiger partial charge in [-0.1, -0.05) is 6.07 Å². The average molecular weight is 274 g/mol. The average Bonchev–Trinajstić information content (AvgIpc) is 2.32. The predicted molar refractivity (Wildman–Crippen MR) is 68.6 cm³/mol. The summed E-state index contributed by atoms with van der Waals surface area (Å²) in [5.74, 6) is 0. The third-order valence-electron chi connectivity index (χ3n) is 2.71. The molecule has 0 aliphatic heterocycles. The molecule has 0 aliphatic carbocycles. The van der Waals surface area contributed by atoms with E-state index in [1.165, 1.54) is 23.5 Å². The van der Waals surface area contributed by atoms with E-state index in [4.69, 9.17) is 23.6 Å². The van der Waals surface area contributed by atoms with Crippen molar-refractivity contribution in [2.45, 2.75) is 0 Å². The Balaban J connectivity index is 3.13. The van der Waals surface area contributed by atoms with Gasteiger partial charge < -0.3 is 0 Å². The van der Waals surface area contributed by atoms with Crippen LogP contribution in [0.1, 0.15) is 0 Å². The van der Waals surface area contributed by atoms with Crippen LogP contribution in [-0.2, 0) is 14.1 Å². The number of fused-ring (bicyclic) bond motifs is 1. The normalized spacial score (nSPS) is 10.8. The van der Waals surface area contributed by atoms with Crippen molar-refractivity contribution in [3.63, 3.8) is 0 Å². The van der Waals surface area contributed by atoms with Gasteiger partial charge in [0.2, 0.25) is 0 Å². The first-order valence-corrected chi connectivity index (χ1v) is 5.43. The molecule has 0 amide bonds. The van der Waals surface area contributed by atoms with Crippen molar-refractivity contribution in [2.24, 2.45) is 14.1 Å². The monoisotopic (exact) mass is 273 g/mol. The molecule has 0 saturated heterocycles. The Kier molecular flexibility index (Phi) is 2.89. The molecule has 1 aromatic carbocycles. The molecule has 0 atom stereocenters. The predicted octanol–water partition coefficient (Wildman–Crippen LogP) is 1.35. The van der Waals surface area contributed by atoms with Crippen LogP contribution in [0.15, 0.2) is 27.8 Å². The van der Waals surface area contributed by atoms with Crippen molar-refractivity contribution in [1.82, 2.24) is 9.36 Å². The largest absolute Gasteiger partial charge is 0.275 e. The van der Waals surface area contributed by atoms with Crippen molar-refractivity contribution in [1.29, 1.82) is 0 Å². The van der Waals surface area contributed by atoms with Crippen molar-refractivity contribution in [3.8, 4) is 0 Å².